The molecular formula is C25H28FNO7. The normalized spacial score (nSPS) is 17.2. The van der Waals surface area contributed by atoms with Crippen molar-refractivity contribution >= 4 is 12.1 Å². The summed E-state index contributed by atoms with van der Waals surface area (Å²) in [7, 11) is 1.29. The van der Waals surface area contributed by atoms with Crippen LogP contribution in [0.2, 0.25) is 0 Å². The van der Waals surface area contributed by atoms with E-state index in [4.69, 9.17) is 23.7 Å². The summed E-state index contributed by atoms with van der Waals surface area (Å²) in [6.07, 6.45) is -0.0662. The predicted octanol–water partition coefficient (Wildman–Crippen LogP) is 4.28. The monoisotopic (exact) mass is 473 g/mol. The minimum absolute atomic E-state index is 0.101. The van der Waals surface area contributed by atoms with Crippen LogP contribution in [0.1, 0.15) is 49.1 Å². The highest BCUT2D eigenvalue weighted by Gasteiger charge is 2.39. The number of amides is 1. The lowest BCUT2D eigenvalue weighted by Gasteiger charge is -2.36. The maximum atomic E-state index is 14.0. The molecule has 2 aromatic rings. The van der Waals surface area contributed by atoms with Crippen LogP contribution in [0.25, 0.3) is 0 Å². The fraction of sp³-hybridized carbons (Fsp3) is 0.440. The summed E-state index contributed by atoms with van der Waals surface area (Å²) in [4.78, 5) is 26.7. The molecule has 1 amide bonds. The van der Waals surface area contributed by atoms with E-state index in [1.54, 1.807) is 32.9 Å². The van der Waals surface area contributed by atoms with Crippen LogP contribution >= 0.6 is 0 Å². The first-order valence-corrected chi connectivity index (χ1v) is 11.0. The molecule has 2 aliphatic rings. The van der Waals surface area contributed by atoms with Crippen LogP contribution in [0, 0.1) is 5.82 Å². The van der Waals surface area contributed by atoms with Crippen molar-refractivity contribution in [3.63, 3.8) is 0 Å². The number of ether oxygens (including phenoxy) is 5. The summed E-state index contributed by atoms with van der Waals surface area (Å²) in [6, 6.07) is 7.14. The topological polar surface area (TPSA) is 83.5 Å². The lowest BCUT2D eigenvalue weighted by molar-refractivity contribution is -0.147. The summed E-state index contributed by atoms with van der Waals surface area (Å²) >= 11 is 0. The van der Waals surface area contributed by atoms with Crippen molar-refractivity contribution in [3.8, 4) is 11.5 Å². The predicted molar refractivity (Wildman–Crippen MR) is 119 cm³/mol. The van der Waals surface area contributed by atoms with Gasteiger partial charge in [-0.2, -0.15) is 0 Å². The molecule has 9 heteroatoms. The molecule has 0 bridgehead atoms. The molecule has 1 atom stereocenters. The number of esters is 1. The van der Waals surface area contributed by atoms with Gasteiger partial charge in [-0.05, 0) is 62.6 Å². The van der Waals surface area contributed by atoms with Gasteiger partial charge in [0.05, 0.1) is 13.7 Å². The maximum absolute atomic E-state index is 14.0. The Morgan fingerprint density at radius 1 is 1.18 bits per heavy atom. The van der Waals surface area contributed by atoms with E-state index in [0.29, 0.717) is 34.6 Å². The molecule has 0 saturated carbocycles. The van der Waals surface area contributed by atoms with Crippen LogP contribution in [0.5, 0.6) is 11.5 Å². The summed E-state index contributed by atoms with van der Waals surface area (Å²) < 4.78 is 41.2. The number of methoxy groups -OCH3 is 1. The van der Waals surface area contributed by atoms with E-state index >= 15 is 0 Å². The van der Waals surface area contributed by atoms with Crippen molar-refractivity contribution in [3.05, 3.63) is 58.4 Å². The van der Waals surface area contributed by atoms with E-state index in [2.05, 4.69) is 0 Å². The van der Waals surface area contributed by atoms with Crippen molar-refractivity contribution in [2.24, 2.45) is 0 Å². The van der Waals surface area contributed by atoms with Gasteiger partial charge in [0.15, 0.2) is 12.8 Å². The molecule has 34 heavy (non-hydrogen) atoms. The largest absolute Gasteiger partial charge is 0.489 e. The zero-order valence-corrected chi connectivity index (χ0v) is 19.7. The molecule has 0 saturated heterocycles. The standard InChI is InChI=1S/C25H28FNO7/c1-25(2,3)34-24(29)27-8-7-15-11-19(5-6-20(15)21(27)23(28)30-4)32-13-17-10-18(26)9-16-12-31-14-33-22(16)17/h5-6,9-11,21H,7-8,12-14H2,1-4H3/t21-/m1/s1. The van der Waals surface area contributed by atoms with E-state index in [-0.39, 0.29) is 32.4 Å². The second-order valence-corrected chi connectivity index (χ2v) is 9.16. The average molecular weight is 473 g/mol. The first-order chi connectivity index (χ1) is 16.2. The minimum atomic E-state index is -0.915. The summed E-state index contributed by atoms with van der Waals surface area (Å²) in [5.74, 6) is 0.189. The number of benzene rings is 2. The minimum Gasteiger partial charge on any atom is -0.489 e. The van der Waals surface area contributed by atoms with Crippen molar-refractivity contribution in [1.82, 2.24) is 4.90 Å². The van der Waals surface area contributed by atoms with Crippen molar-refractivity contribution in [2.75, 3.05) is 20.4 Å². The second-order valence-electron chi connectivity index (χ2n) is 9.16. The van der Waals surface area contributed by atoms with E-state index in [1.165, 1.54) is 24.1 Å². The summed E-state index contributed by atoms with van der Waals surface area (Å²) in [5.41, 5.74) is 2.04. The third-order valence-corrected chi connectivity index (χ3v) is 5.54. The first-order valence-electron chi connectivity index (χ1n) is 11.0. The lowest BCUT2D eigenvalue weighted by atomic mass is 9.92. The highest BCUT2D eigenvalue weighted by atomic mass is 19.1. The molecule has 2 aliphatic heterocycles. The Morgan fingerprint density at radius 2 is 1.97 bits per heavy atom. The summed E-state index contributed by atoms with van der Waals surface area (Å²) in [5, 5.41) is 0. The van der Waals surface area contributed by atoms with Crippen LogP contribution in [0.15, 0.2) is 30.3 Å². The Balaban J connectivity index is 1.55. The molecule has 0 N–H and O–H groups in total. The van der Waals surface area contributed by atoms with Gasteiger partial charge in [0, 0.05) is 17.7 Å². The maximum Gasteiger partial charge on any atom is 0.411 e. The lowest BCUT2D eigenvalue weighted by Crippen LogP contribution is -2.46. The van der Waals surface area contributed by atoms with Crippen molar-refractivity contribution < 1.29 is 37.7 Å². The van der Waals surface area contributed by atoms with Crippen LogP contribution in [-0.4, -0.2) is 43.0 Å². The molecule has 0 fully saturated rings. The van der Waals surface area contributed by atoms with Gasteiger partial charge in [0.25, 0.3) is 0 Å². The SMILES string of the molecule is COC(=O)[C@H]1c2ccc(OCc3cc(F)cc4c3OCOC4)cc2CCN1C(=O)OC(C)(C)C. The molecule has 0 radical (unpaired) electrons. The van der Waals surface area contributed by atoms with Crippen LogP contribution < -0.4 is 9.47 Å². The molecule has 2 aromatic carbocycles. The Morgan fingerprint density at radius 3 is 2.71 bits per heavy atom. The van der Waals surface area contributed by atoms with Crippen LogP contribution in [-0.2, 0) is 38.6 Å². The Hall–Kier alpha value is -3.33. The average Bonchev–Trinajstić information content (AvgIpc) is 2.79. The number of halogens is 1. The van der Waals surface area contributed by atoms with Gasteiger partial charge in [0.1, 0.15) is 29.5 Å². The molecular weight excluding hydrogens is 445 g/mol. The van der Waals surface area contributed by atoms with Gasteiger partial charge in [-0.15, -0.1) is 0 Å². The van der Waals surface area contributed by atoms with E-state index in [0.717, 1.165) is 5.56 Å². The van der Waals surface area contributed by atoms with E-state index in [1.807, 2.05) is 6.07 Å². The number of carbonyl (C=O) groups excluding carboxylic acids is 2. The first kappa shape index (κ1) is 23.8. The van der Waals surface area contributed by atoms with E-state index < -0.39 is 23.7 Å². The zero-order valence-electron chi connectivity index (χ0n) is 19.7. The van der Waals surface area contributed by atoms with Gasteiger partial charge >= 0.3 is 12.1 Å². The van der Waals surface area contributed by atoms with Gasteiger partial charge in [0.2, 0.25) is 0 Å². The second kappa shape index (κ2) is 9.50. The number of rotatable bonds is 4. The number of hydrogen-bond acceptors (Lipinski definition) is 7. The number of carbonyl (C=O) groups is 2. The molecule has 0 spiro atoms. The highest BCUT2D eigenvalue weighted by molar-refractivity contribution is 5.84. The van der Waals surface area contributed by atoms with Crippen LogP contribution in [0.3, 0.4) is 0 Å². The Labute approximate surface area is 197 Å². The third-order valence-electron chi connectivity index (χ3n) is 5.54. The fourth-order valence-corrected chi connectivity index (χ4v) is 4.10. The molecule has 0 unspecified atom stereocenters. The number of hydrogen-bond donors (Lipinski definition) is 0. The Kier molecular flexibility index (Phi) is 6.65. The molecule has 182 valence electrons. The highest BCUT2D eigenvalue weighted by Crippen LogP contribution is 2.35. The number of fused-ring (bicyclic) bond motifs is 2. The molecule has 0 aliphatic carbocycles. The van der Waals surface area contributed by atoms with Crippen LogP contribution in [0.4, 0.5) is 9.18 Å². The van der Waals surface area contributed by atoms with Gasteiger partial charge in [-0.25, -0.2) is 14.0 Å². The van der Waals surface area contributed by atoms with Gasteiger partial charge in [-0.1, -0.05) is 6.07 Å². The molecule has 4 rings (SSSR count). The zero-order chi connectivity index (χ0) is 24.5. The van der Waals surface area contributed by atoms with Crippen molar-refractivity contribution in [1.29, 1.82) is 0 Å². The summed E-state index contributed by atoms with van der Waals surface area (Å²) in [6.45, 7) is 6.09. The van der Waals surface area contributed by atoms with Gasteiger partial charge in [-0.3, -0.25) is 4.90 Å². The van der Waals surface area contributed by atoms with Gasteiger partial charge < -0.3 is 23.7 Å². The van der Waals surface area contributed by atoms with E-state index in [9.17, 15) is 14.0 Å². The Bertz CT molecular complexity index is 1100. The quantitative estimate of drug-likeness (QED) is 0.613. The third kappa shape index (κ3) is 5.09. The molecule has 0 aromatic heterocycles. The molecule has 2 heterocycles. The fourth-order valence-electron chi connectivity index (χ4n) is 4.10. The molecule has 8 nitrogen and oxygen atoms in total. The number of nitrogens with zero attached hydrogens (tertiary/aromatic N) is 1. The smallest absolute Gasteiger partial charge is 0.411 e. The van der Waals surface area contributed by atoms with Crippen molar-refractivity contribution in [2.45, 2.75) is 52.0 Å².